The van der Waals surface area contributed by atoms with Crippen LogP contribution < -0.4 is 10.1 Å². The van der Waals surface area contributed by atoms with Gasteiger partial charge in [-0.25, -0.2) is 23.1 Å². The van der Waals surface area contributed by atoms with Gasteiger partial charge in [0.15, 0.2) is 5.82 Å². The van der Waals surface area contributed by atoms with E-state index in [4.69, 9.17) is 0 Å². The lowest BCUT2D eigenvalue weighted by molar-refractivity contribution is 0.412. The second-order valence-corrected chi connectivity index (χ2v) is 9.78. The van der Waals surface area contributed by atoms with Crippen LogP contribution in [0.25, 0.3) is 6.08 Å². The van der Waals surface area contributed by atoms with Gasteiger partial charge in [-0.2, -0.15) is 5.10 Å². The van der Waals surface area contributed by atoms with Gasteiger partial charge in [0, 0.05) is 18.7 Å². The van der Waals surface area contributed by atoms with Crippen LogP contribution in [-0.2, 0) is 10.0 Å². The van der Waals surface area contributed by atoms with Crippen molar-refractivity contribution in [3.63, 3.8) is 0 Å². The van der Waals surface area contributed by atoms with Gasteiger partial charge in [0.25, 0.3) is 0 Å². The average molecular weight is 495 g/mol. The number of rotatable bonds is 9. The number of sulfonamides is 1. The molecule has 3 rings (SSSR count). The Kier molecular flexibility index (Phi) is 11.2. The third-order valence-corrected chi connectivity index (χ3v) is 6.26. The quantitative estimate of drug-likeness (QED) is 0.343. The monoisotopic (exact) mass is 494 g/mol. The molecule has 0 fully saturated rings. The smallest absolute Gasteiger partial charge is 0.240 e. The second kappa shape index (κ2) is 14.1. The number of benzene rings is 2. The molecule has 0 saturated carbocycles. The summed E-state index contributed by atoms with van der Waals surface area (Å²) in [5.74, 6) is 0.603. The number of aryl methyl sites for hydroxylation is 2. The number of nitrogens with zero attached hydrogens (tertiary/aromatic N) is 4. The van der Waals surface area contributed by atoms with Gasteiger partial charge < -0.3 is 4.90 Å². The van der Waals surface area contributed by atoms with Gasteiger partial charge in [0.2, 0.25) is 10.0 Å². The van der Waals surface area contributed by atoms with Crippen LogP contribution in [0.2, 0.25) is 0 Å². The fraction of sp³-hybridized carbons (Fsp3) is 0.269. The van der Waals surface area contributed by atoms with E-state index in [1.165, 1.54) is 11.9 Å². The molecule has 1 heterocycles. The molecule has 2 aromatic carbocycles. The highest BCUT2D eigenvalue weighted by molar-refractivity contribution is 7.89. The van der Waals surface area contributed by atoms with E-state index in [2.05, 4.69) is 44.3 Å². The first-order chi connectivity index (χ1) is 16.7. The topological polar surface area (TPSA) is 99.6 Å². The Labute approximate surface area is 208 Å². The highest BCUT2D eigenvalue weighted by atomic mass is 32.2. The Morgan fingerprint density at radius 1 is 1.00 bits per heavy atom. The molecule has 2 N–H and O–H groups in total. The number of anilines is 1. The summed E-state index contributed by atoms with van der Waals surface area (Å²) >= 11 is 0. The number of hydrazone groups is 1. The minimum absolute atomic E-state index is 0.221. The van der Waals surface area contributed by atoms with Crippen LogP contribution in [-0.4, -0.2) is 56.7 Å². The molecule has 0 bridgehead atoms. The molecule has 0 spiro atoms. The molecule has 0 unspecified atom stereocenters. The summed E-state index contributed by atoms with van der Waals surface area (Å²) in [5.41, 5.74) is 6.70. The maximum atomic E-state index is 12.3. The van der Waals surface area contributed by atoms with Gasteiger partial charge in [-0.15, -0.1) is 0 Å². The van der Waals surface area contributed by atoms with Gasteiger partial charge in [0.1, 0.15) is 6.33 Å². The molecule has 35 heavy (non-hydrogen) atoms. The first kappa shape index (κ1) is 27.8. The van der Waals surface area contributed by atoms with Crippen molar-refractivity contribution < 1.29 is 8.42 Å². The first-order valence-corrected chi connectivity index (χ1v) is 12.7. The molecule has 1 aromatic heterocycles. The average Bonchev–Trinajstić information content (AvgIpc) is 2.82. The number of likely N-dealkylation sites (N-methyl/N-ethyl adjacent to an activating group) is 1. The lowest BCUT2D eigenvalue weighted by atomic mass is 10.2. The molecule has 3 aromatic rings. The summed E-state index contributed by atoms with van der Waals surface area (Å²) in [5, 5.41) is 4.19. The van der Waals surface area contributed by atoms with Gasteiger partial charge in [-0.05, 0) is 52.6 Å². The third-order valence-electron chi connectivity index (χ3n) is 4.78. The fourth-order valence-electron chi connectivity index (χ4n) is 2.86. The van der Waals surface area contributed by atoms with Gasteiger partial charge in [-0.3, -0.25) is 5.43 Å². The van der Waals surface area contributed by atoms with Crippen LogP contribution in [0.5, 0.6) is 0 Å². The van der Waals surface area contributed by atoms with Crippen molar-refractivity contribution in [2.24, 2.45) is 5.10 Å². The van der Waals surface area contributed by atoms with Crippen molar-refractivity contribution in [1.82, 2.24) is 19.6 Å². The number of hydrogen-bond acceptors (Lipinski definition) is 7. The van der Waals surface area contributed by atoms with Crippen molar-refractivity contribution in [3.8, 4) is 0 Å². The SMILES string of the molecule is C/C=C\c1c(C)ncnc1N/N=C/c1ccc(S(=O)(=O)NCCN(C)C)cc1.Cc1ccccc1. The Bertz CT molecular complexity index is 1210. The van der Waals surface area contributed by atoms with Crippen molar-refractivity contribution in [2.75, 3.05) is 32.6 Å². The Balaban J connectivity index is 0.000000527. The Morgan fingerprint density at radius 2 is 1.69 bits per heavy atom. The summed E-state index contributed by atoms with van der Waals surface area (Å²) in [6, 6.07) is 16.8. The normalized spacial score (nSPS) is 11.6. The van der Waals surface area contributed by atoms with Gasteiger partial charge >= 0.3 is 0 Å². The van der Waals surface area contributed by atoms with E-state index in [0.29, 0.717) is 18.9 Å². The number of aromatic nitrogens is 2. The zero-order valence-electron chi connectivity index (χ0n) is 20.9. The number of hydrogen-bond donors (Lipinski definition) is 2. The van der Waals surface area contributed by atoms with E-state index in [1.807, 2.05) is 63.2 Å². The van der Waals surface area contributed by atoms with E-state index in [9.17, 15) is 8.42 Å². The molecule has 0 aliphatic heterocycles. The van der Waals surface area contributed by atoms with Crippen LogP contribution in [0.3, 0.4) is 0 Å². The van der Waals surface area contributed by atoms with E-state index in [0.717, 1.165) is 16.8 Å². The van der Waals surface area contributed by atoms with Crippen LogP contribution >= 0.6 is 0 Å². The second-order valence-electron chi connectivity index (χ2n) is 8.02. The molecule has 186 valence electrons. The van der Waals surface area contributed by atoms with Crippen LogP contribution in [0.15, 0.2) is 77.0 Å². The predicted molar refractivity (Wildman–Crippen MR) is 144 cm³/mol. The molecule has 8 nitrogen and oxygen atoms in total. The first-order valence-electron chi connectivity index (χ1n) is 11.2. The summed E-state index contributed by atoms with van der Waals surface area (Å²) in [4.78, 5) is 10.5. The van der Waals surface area contributed by atoms with E-state index in [-0.39, 0.29) is 4.90 Å². The van der Waals surface area contributed by atoms with E-state index >= 15 is 0 Å². The van der Waals surface area contributed by atoms with Crippen molar-refractivity contribution >= 4 is 28.1 Å². The molecule has 0 radical (unpaired) electrons. The van der Waals surface area contributed by atoms with E-state index < -0.39 is 10.0 Å². The van der Waals surface area contributed by atoms with Crippen molar-refractivity contribution in [2.45, 2.75) is 25.7 Å². The van der Waals surface area contributed by atoms with E-state index in [1.54, 1.807) is 30.5 Å². The summed E-state index contributed by atoms with van der Waals surface area (Å²) in [6.07, 6.45) is 6.90. The van der Waals surface area contributed by atoms with Crippen molar-refractivity contribution in [1.29, 1.82) is 0 Å². The highest BCUT2D eigenvalue weighted by Gasteiger charge is 2.12. The summed E-state index contributed by atoms with van der Waals surface area (Å²) in [6.45, 7) is 6.89. The zero-order valence-corrected chi connectivity index (χ0v) is 21.7. The molecule has 9 heteroatoms. The minimum Gasteiger partial charge on any atom is -0.308 e. The van der Waals surface area contributed by atoms with Gasteiger partial charge in [-0.1, -0.05) is 60.2 Å². The number of allylic oxidation sites excluding steroid dienone is 1. The molecule has 0 aliphatic carbocycles. The standard InChI is InChI=1S/C19H26N6O2S.C7H8/c1-5-6-18-15(2)20-14-21-19(18)24-22-13-16-7-9-17(10-8-16)28(26,27)23-11-12-25(3)4;1-7-5-3-2-4-6-7/h5-10,13-14,23H,11-12H2,1-4H3,(H,20,21,24);2-6H,1H3/b6-5-,22-13+;. The maximum absolute atomic E-state index is 12.3. The fourth-order valence-corrected chi connectivity index (χ4v) is 3.88. The van der Waals surface area contributed by atoms with Crippen LogP contribution in [0.4, 0.5) is 5.82 Å². The minimum atomic E-state index is -3.51. The lowest BCUT2D eigenvalue weighted by Crippen LogP contribution is -2.31. The Morgan fingerprint density at radius 3 is 2.26 bits per heavy atom. The molecule has 0 aliphatic rings. The molecule has 0 atom stereocenters. The highest BCUT2D eigenvalue weighted by Crippen LogP contribution is 2.16. The molecule has 0 amide bonds. The summed E-state index contributed by atoms with van der Waals surface area (Å²) < 4.78 is 27.1. The summed E-state index contributed by atoms with van der Waals surface area (Å²) in [7, 11) is 0.265. The molecule has 0 saturated heterocycles. The molecular weight excluding hydrogens is 460 g/mol. The third kappa shape index (κ3) is 9.78. The number of nitrogens with one attached hydrogen (secondary N) is 2. The maximum Gasteiger partial charge on any atom is 0.240 e. The predicted octanol–water partition coefficient (Wildman–Crippen LogP) is 4.10. The molecular formula is C26H34N6O2S. The van der Waals surface area contributed by atoms with Gasteiger partial charge in [0.05, 0.1) is 16.8 Å². The van der Waals surface area contributed by atoms with Crippen molar-refractivity contribution in [3.05, 3.63) is 89.4 Å². The van der Waals surface area contributed by atoms with Crippen LogP contribution in [0.1, 0.15) is 29.3 Å². The largest absolute Gasteiger partial charge is 0.308 e. The lowest BCUT2D eigenvalue weighted by Gasteiger charge is -2.11. The zero-order chi connectivity index (χ0) is 25.7. The Hall–Kier alpha value is -3.40. The van der Waals surface area contributed by atoms with Crippen LogP contribution in [0, 0.1) is 13.8 Å².